The minimum absolute atomic E-state index is 0.277. The molecule has 0 saturated heterocycles. The summed E-state index contributed by atoms with van der Waals surface area (Å²) in [5.41, 5.74) is 4.37. The zero-order valence-electron chi connectivity index (χ0n) is 23.1. The van der Waals surface area contributed by atoms with Crippen LogP contribution in [-0.2, 0) is 6.42 Å². The van der Waals surface area contributed by atoms with Crippen LogP contribution in [-0.4, -0.2) is 58.0 Å². The molecule has 5 rings (SSSR count). The zero-order valence-corrected chi connectivity index (χ0v) is 23.1. The molecule has 206 valence electrons. The Morgan fingerprint density at radius 3 is 2.15 bits per heavy atom. The van der Waals surface area contributed by atoms with Gasteiger partial charge < -0.3 is 34.0 Å². The molecule has 40 heavy (non-hydrogen) atoms. The van der Waals surface area contributed by atoms with Crippen LogP contribution in [0.3, 0.4) is 0 Å². The number of nitrogens with one attached hydrogen (secondary N) is 2. The predicted octanol–water partition coefficient (Wildman–Crippen LogP) is 5.40. The zero-order chi connectivity index (χ0) is 28.2. The topological polar surface area (TPSA) is 104 Å². The fourth-order valence-corrected chi connectivity index (χ4v) is 4.84. The summed E-state index contributed by atoms with van der Waals surface area (Å²) in [6, 6.07) is 19.1. The highest BCUT2D eigenvalue weighted by Gasteiger charge is 2.20. The lowest BCUT2D eigenvalue weighted by Gasteiger charge is -2.15. The number of nitrogens with zero attached hydrogens (tertiary/aromatic N) is 1. The smallest absolute Gasteiger partial charge is 0.269 e. The minimum atomic E-state index is -0.277. The molecule has 0 aliphatic rings. The summed E-state index contributed by atoms with van der Waals surface area (Å²) < 4.78 is 27.4. The van der Waals surface area contributed by atoms with E-state index in [4.69, 9.17) is 28.7 Å². The third-order valence-electron chi connectivity index (χ3n) is 6.81. The minimum Gasteiger partial charge on any atom is -0.493 e. The van der Waals surface area contributed by atoms with Crippen molar-refractivity contribution in [2.75, 3.05) is 42.1 Å². The molecule has 2 N–H and O–H groups in total. The molecule has 0 radical (unpaired) electrons. The number of aromatic nitrogens is 2. The number of carbonyl (C=O) groups excluding carboxylic acids is 1. The van der Waals surface area contributed by atoms with E-state index in [1.165, 1.54) is 0 Å². The lowest BCUT2D eigenvalue weighted by atomic mass is 10.0. The number of aromatic amines is 1. The summed E-state index contributed by atoms with van der Waals surface area (Å²) >= 11 is 0. The van der Waals surface area contributed by atoms with Gasteiger partial charge in [0.1, 0.15) is 5.69 Å². The maximum absolute atomic E-state index is 13.4. The molecule has 2 heterocycles. The normalized spacial score (nSPS) is 10.9. The van der Waals surface area contributed by atoms with Gasteiger partial charge in [0, 0.05) is 28.4 Å². The summed E-state index contributed by atoms with van der Waals surface area (Å²) in [6.45, 7) is 0.418. The van der Waals surface area contributed by atoms with Crippen LogP contribution in [0, 0.1) is 0 Å². The number of rotatable bonds is 10. The molecule has 2 aromatic heterocycles. The first kappa shape index (κ1) is 26.7. The first-order valence-electron chi connectivity index (χ1n) is 12.7. The Bertz CT molecular complexity index is 1670. The first-order valence-corrected chi connectivity index (χ1v) is 12.7. The van der Waals surface area contributed by atoms with E-state index in [1.54, 1.807) is 35.5 Å². The van der Waals surface area contributed by atoms with E-state index in [1.807, 2.05) is 60.7 Å². The number of amides is 1. The highest BCUT2D eigenvalue weighted by Crippen LogP contribution is 2.42. The number of hydrogen-bond acceptors (Lipinski definition) is 7. The quantitative estimate of drug-likeness (QED) is 0.244. The van der Waals surface area contributed by atoms with Gasteiger partial charge in [-0.1, -0.05) is 24.3 Å². The summed E-state index contributed by atoms with van der Waals surface area (Å²) in [5, 5.41) is 4.89. The van der Waals surface area contributed by atoms with Gasteiger partial charge in [0.25, 0.3) is 5.91 Å². The number of carbonyl (C=O) groups is 1. The van der Waals surface area contributed by atoms with E-state index >= 15 is 0 Å². The van der Waals surface area contributed by atoms with Crippen LogP contribution in [0.5, 0.6) is 28.7 Å². The monoisotopic (exact) mass is 541 g/mol. The van der Waals surface area contributed by atoms with Gasteiger partial charge in [-0.3, -0.25) is 4.79 Å². The van der Waals surface area contributed by atoms with Crippen molar-refractivity contribution in [3.63, 3.8) is 0 Å². The molecular weight excluding hydrogens is 510 g/mol. The number of methoxy groups -OCH3 is 5. The highest BCUT2D eigenvalue weighted by molar-refractivity contribution is 6.13. The molecule has 0 atom stereocenters. The Labute approximate surface area is 232 Å². The molecule has 0 bridgehead atoms. The lowest BCUT2D eigenvalue weighted by Crippen LogP contribution is -2.26. The number of H-pyrrole nitrogens is 1. The van der Waals surface area contributed by atoms with Crippen LogP contribution in [0.2, 0.25) is 0 Å². The number of hydrogen-bond donors (Lipinski definition) is 2. The van der Waals surface area contributed by atoms with E-state index in [9.17, 15) is 4.79 Å². The average molecular weight is 542 g/mol. The van der Waals surface area contributed by atoms with Crippen LogP contribution >= 0.6 is 0 Å². The summed E-state index contributed by atoms with van der Waals surface area (Å²) in [5.74, 6) is 2.49. The van der Waals surface area contributed by atoms with Gasteiger partial charge in [-0.25, -0.2) is 4.98 Å². The fraction of sp³-hybridized carbons (Fsp3) is 0.226. The molecule has 5 aromatic rings. The van der Waals surface area contributed by atoms with Crippen LogP contribution in [0.4, 0.5) is 0 Å². The highest BCUT2D eigenvalue weighted by atomic mass is 16.5. The van der Waals surface area contributed by atoms with Crippen molar-refractivity contribution in [1.82, 2.24) is 15.3 Å². The molecule has 0 unspecified atom stereocenters. The molecule has 0 fully saturated rings. The Balaban J connectivity index is 1.52. The van der Waals surface area contributed by atoms with Crippen molar-refractivity contribution in [3.8, 4) is 40.0 Å². The second-order valence-electron chi connectivity index (χ2n) is 9.06. The largest absolute Gasteiger partial charge is 0.493 e. The van der Waals surface area contributed by atoms with E-state index in [0.29, 0.717) is 58.7 Å². The second-order valence-corrected chi connectivity index (χ2v) is 9.06. The molecule has 0 spiro atoms. The molecule has 0 saturated carbocycles. The lowest BCUT2D eigenvalue weighted by molar-refractivity contribution is 0.0949. The predicted molar refractivity (Wildman–Crippen MR) is 154 cm³/mol. The summed E-state index contributed by atoms with van der Waals surface area (Å²) in [6.07, 6.45) is 0.612. The Morgan fingerprint density at radius 2 is 1.48 bits per heavy atom. The van der Waals surface area contributed by atoms with Crippen molar-refractivity contribution < 1.29 is 28.5 Å². The Hall–Kier alpha value is -4.92. The number of ether oxygens (including phenoxy) is 5. The van der Waals surface area contributed by atoms with Crippen molar-refractivity contribution in [2.24, 2.45) is 0 Å². The molecule has 3 aromatic carbocycles. The molecule has 9 nitrogen and oxygen atoms in total. The number of fused-ring (bicyclic) bond motifs is 3. The third-order valence-corrected chi connectivity index (χ3v) is 6.81. The standard InChI is InChI=1S/C31H31N3O6/c1-36-24-11-10-18(14-25(24)37-2)12-13-32-31(35)23-17-21-20-8-6-7-9-22(20)33-29(21)28(34-23)19-15-26(38-3)30(40-5)27(16-19)39-4/h6-11,14-17,33H,12-13H2,1-5H3,(H,32,35). The van der Waals surface area contributed by atoms with Crippen LogP contribution in [0.25, 0.3) is 33.1 Å². The van der Waals surface area contributed by atoms with Gasteiger partial charge in [0.05, 0.1) is 46.8 Å². The van der Waals surface area contributed by atoms with Gasteiger partial charge >= 0.3 is 0 Å². The summed E-state index contributed by atoms with van der Waals surface area (Å²) in [4.78, 5) is 21.7. The molecule has 0 aliphatic carbocycles. The molecule has 0 aliphatic heterocycles. The molecule has 1 amide bonds. The van der Waals surface area contributed by atoms with E-state index in [-0.39, 0.29) is 5.91 Å². The molecular formula is C31H31N3O6. The molecule has 9 heteroatoms. The Morgan fingerprint density at radius 1 is 0.775 bits per heavy atom. The summed E-state index contributed by atoms with van der Waals surface area (Å²) in [7, 11) is 7.88. The fourth-order valence-electron chi connectivity index (χ4n) is 4.84. The number of benzene rings is 3. The van der Waals surface area contributed by atoms with Crippen LogP contribution < -0.4 is 29.0 Å². The van der Waals surface area contributed by atoms with Crippen molar-refractivity contribution in [1.29, 1.82) is 0 Å². The van der Waals surface area contributed by atoms with Gasteiger partial charge in [-0.05, 0) is 48.4 Å². The number of para-hydroxylation sites is 1. The van der Waals surface area contributed by atoms with Crippen molar-refractivity contribution >= 4 is 27.7 Å². The van der Waals surface area contributed by atoms with Crippen LogP contribution in [0.15, 0.2) is 60.7 Å². The van der Waals surface area contributed by atoms with Crippen molar-refractivity contribution in [2.45, 2.75) is 6.42 Å². The van der Waals surface area contributed by atoms with Gasteiger partial charge in [0.2, 0.25) is 5.75 Å². The second kappa shape index (κ2) is 11.4. The van der Waals surface area contributed by atoms with E-state index in [2.05, 4.69) is 10.3 Å². The maximum Gasteiger partial charge on any atom is 0.269 e. The first-order chi connectivity index (χ1) is 19.5. The van der Waals surface area contributed by atoms with Gasteiger partial charge in [-0.2, -0.15) is 0 Å². The van der Waals surface area contributed by atoms with Gasteiger partial charge in [-0.15, -0.1) is 0 Å². The number of pyridine rings is 1. The van der Waals surface area contributed by atoms with Crippen LogP contribution in [0.1, 0.15) is 16.1 Å². The SMILES string of the molecule is COc1ccc(CCNC(=O)c2cc3c([nH]c4ccccc43)c(-c3cc(OC)c(OC)c(OC)c3)n2)cc1OC. The van der Waals surface area contributed by atoms with Gasteiger partial charge in [0.15, 0.2) is 23.0 Å². The van der Waals surface area contributed by atoms with Crippen molar-refractivity contribution in [3.05, 3.63) is 71.9 Å². The van der Waals surface area contributed by atoms with E-state index in [0.717, 1.165) is 27.4 Å². The maximum atomic E-state index is 13.4. The average Bonchev–Trinajstić information content (AvgIpc) is 3.38. The van der Waals surface area contributed by atoms with E-state index < -0.39 is 0 Å². The third kappa shape index (κ3) is 4.93. The Kier molecular flexibility index (Phi) is 7.63.